The van der Waals surface area contributed by atoms with E-state index in [1.807, 2.05) is 66.7 Å². The van der Waals surface area contributed by atoms with Crippen LogP contribution in [0.2, 0.25) is 0 Å². The quantitative estimate of drug-likeness (QED) is 0.479. The summed E-state index contributed by atoms with van der Waals surface area (Å²) in [5.41, 5.74) is 3.74. The van der Waals surface area contributed by atoms with Gasteiger partial charge in [0.05, 0.1) is 11.4 Å². The third-order valence-electron chi connectivity index (χ3n) is 5.19. The van der Waals surface area contributed by atoms with Crippen LogP contribution < -0.4 is 15.8 Å². The molecular formula is C24H22N4O3. The van der Waals surface area contributed by atoms with Gasteiger partial charge in [-0.1, -0.05) is 66.7 Å². The molecule has 1 saturated heterocycles. The molecule has 3 aromatic carbocycles. The van der Waals surface area contributed by atoms with Gasteiger partial charge in [0.25, 0.3) is 11.8 Å². The van der Waals surface area contributed by atoms with Crippen molar-refractivity contribution in [2.45, 2.75) is 12.5 Å². The highest BCUT2D eigenvalue weighted by Crippen LogP contribution is 2.28. The number of carbonyl (C=O) groups excluding carboxylic acids is 3. The number of nitrogens with one attached hydrogen (secondary N) is 2. The largest absolute Gasteiger partial charge is 0.325 e. The van der Waals surface area contributed by atoms with Crippen molar-refractivity contribution in [2.24, 2.45) is 0 Å². The first-order valence-corrected chi connectivity index (χ1v) is 9.88. The molecular weight excluding hydrogens is 392 g/mol. The van der Waals surface area contributed by atoms with Gasteiger partial charge >= 0.3 is 6.03 Å². The zero-order valence-corrected chi connectivity index (χ0v) is 17.0. The van der Waals surface area contributed by atoms with Crippen LogP contribution in [0.1, 0.15) is 12.5 Å². The van der Waals surface area contributed by atoms with Gasteiger partial charge in [0.1, 0.15) is 12.1 Å². The second kappa shape index (κ2) is 8.31. The van der Waals surface area contributed by atoms with Crippen LogP contribution in [-0.2, 0) is 15.1 Å². The molecule has 1 aliphatic rings. The molecule has 1 atom stereocenters. The van der Waals surface area contributed by atoms with Crippen LogP contribution in [0.25, 0.3) is 0 Å². The van der Waals surface area contributed by atoms with Crippen LogP contribution in [0, 0.1) is 0 Å². The monoisotopic (exact) mass is 414 g/mol. The molecule has 1 heterocycles. The van der Waals surface area contributed by atoms with Crippen molar-refractivity contribution in [3.63, 3.8) is 0 Å². The molecule has 0 aromatic heterocycles. The summed E-state index contributed by atoms with van der Waals surface area (Å²) in [5.74, 6) is -0.960. The summed E-state index contributed by atoms with van der Waals surface area (Å²) >= 11 is 0. The van der Waals surface area contributed by atoms with Crippen molar-refractivity contribution < 1.29 is 14.4 Å². The van der Waals surface area contributed by atoms with Gasteiger partial charge in [-0.05, 0) is 36.8 Å². The van der Waals surface area contributed by atoms with Crippen molar-refractivity contribution >= 4 is 29.2 Å². The summed E-state index contributed by atoms with van der Waals surface area (Å²) in [6, 6.07) is 27.0. The van der Waals surface area contributed by atoms with Gasteiger partial charge in [-0.15, -0.1) is 0 Å². The maximum absolute atomic E-state index is 13.0. The Labute approximate surface area is 180 Å². The third kappa shape index (κ3) is 3.98. The Morgan fingerprint density at radius 2 is 1.35 bits per heavy atom. The zero-order chi connectivity index (χ0) is 21.8. The molecule has 2 N–H and O–H groups in total. The fraction of sp³-hybridized carbons (Fsp3) is 0.125. The van der Waals surface area contributed by atoms with E-state index in [4.69, 9.17) is 0 Å². The third-order valence-corrected chi connectivity index (χ3v) is 5.19. The summed E-state index contributed by atoms with van der Waals surface area (Å²) in [7, 11) is 0. The molecule has 1 aliphatic heterocycles. The van der Waals surface area contributed by atoms with E-state index in [0.717, 1.165) is 16.3 Å². The number of hydrogen-bond donors (Lipinski definition) is 2. The van der Waals surface area contributed by atoms with Gasteiger partial charge in [-0.3, -0.25) is 24.9 Å². The van der Waals surface area contributed by atoms with Crippen LogP contribution in [0.15, 0.2) is 91.0 Å². The van der Waals surface area contributed by atoms with Gasteiger partial charge in [-0.25, -0.2) is 4.79 Å². The van der Waals surface area contributed by atoms with E-state index in [1.165, 1.54) is 0 Å². The second-order valence-electron chi connectivity index (χ2n) is 7.35. The van der Waals surface area contributed by atoms with E-state index in [-0.39, 0.29) is 0 Å². The van der Waals surface area contributed by atoms with Crippen LogP contribution in [-0.4, -0.2) is 29.3 Å². The number of urea groups is 1. The molecule has 4 amide bonds. The molecule has 0 spiro atoms. The van der Waals surface area contributed by atoms with E-state index in [2.05, 4.69) is 10.7 Å². The Bertz CT molecular complexity index is 1050. The maximum Gasteiger partial charge on any atom is 0.325 e. The highest BCUT2D eigenvalue weighted by atomic mass is 16.2. The number of hydrazine groups is 1. The topological polar surface area (TPSA) is 81.8 Å². The minimum Gasteiger partial charge on any atom is -0.319 e. The molecule has 0 aliphatic carbocycles. The van der Waals surface area contributed by atoms with Gasteiger partial charge in [0.2, 0.25) is 0 Å². The van der Waals surface area contributed by atoms with Crippen molar-refractivity contribution in [2.75, 3.05) is 11.6 Å². The lowest BCUT2D eigenvalue weighted by atomic mass is 9.92. The summed E-state index contributed by atoms with van der Waals surface area (Å²) in [4.78, 5) is 39.4. The number of rotatable bonds is 6. The molecule has 3 aromatic rings. The highest BCUT2D eigenvalue weighted by molar-refractivity contribution is 6.09. The summed E-state index contributed by atoms with van der Waals surface area (Å²) < 4.78 is 0. The average Bonchev–Trinajstić information content (AvgIpc) is 3.03. The number of anilines is 2. The molecule has 1 fully saturated rings. The van der Waals surface area contributed by atoms with Crippen LogP contribution in [0.4, 0.5) is 16.2 Å². The van der Waals surface area contributed by atoms with E-state index in [0.29, 0.717) is 5.56 Å². The average molecular weight is 414 g/mol. The standard InChI is InChI=1S/C24H22N4O3/c1-24(18-11-5-2-6-12-18)22(30)27(23(31)25-24)17-21(29)26-28(19-13-7-3-8-14-19)20-15-9-4-10-16-20/h2-16H,17H2,1H3,(H,25,31)(H,26,29)/t24-/m1/s1. The predicted octanol–water partition coefficient (Wildman–Crippen LogP) is 3.32. The number of amides is 4. The molecule has 7 nitrogen and oxygen atoms in total. The predicted molar refractivity (Wildman–Crippen MR) is 117 cm³/mol. The number of benzene rings is 3. The van der Waals surface area contributed by atoms with Gasteiger partial charge in [-0.2, -0.15) is 0 Å². The van der Waals surface area contributed by atoms with E-state index < -0.39 is 29.9 Å². The van der Waals surface area contributed by atoms with Crippen LogP contribution in [0.5, 0.6) is 0 Å². The lowest BCUT2D eigenvalue weighted by molar-refractivity contribution is -0.134. The fourth-order valence-corrected chi connectivity index (χ4v) is 3.54. The Balaban J connectivity index is 1.53. The van der Waals surface area contributed by atoms with Crippen molar-refractivity contribution in [3.05, 3.63) is 96.6 Å². The number of hydrogen-bond acceptors (Lipinski definition) is 4. The summed E-state index contributed by atoms with van der Waals surface area (Å²) in [6.45, 7) is 1.24. The number of nitrogens with zero attached hydrogens (tertiary/aromatic N) is 2. The van der Waals surface area contributed by atoms with Crippen LogP contribution >= 0.6 is 0 Å². The van der Waals surface area contributed by atoms with Gasteiger partial charge in [0, 0.05) is 0 Å². The number of carbonyl (C=O) groups is 3. The minimum atomic E-state index is -1.21. The van der Waals surface area contributed by atoms with Gasteiger partial charge < -0.3 is 5.32 Å². The smallest absolute Gasteiger partial charge is 0.319 e. The van der Waals surface area contributed by atoms with Crippen molar-refractivity contribution in [3.8, 4) is 0 Å². The number of para-hydroxylation sites is 2. The second-order valence-corrected chi connectivity index (χ2v) is 7.35. The molecule has 0 saturated carbocycles. The summed E-state index contributed by atoms with van der Waals surface area (Å²) in [6.07, 6.45) is 0. The Morgan fingerprint density at radius 1 is 0.871 bits per heavy atom. The van der Waals surface area contributed by atoms with E-state index in [1.54, 1.807) is 36.2 Å². The molecule has 4 rings (SSSR count). The molecule has 0 radical (unpaired) electrons. The fourth-order valence-electron chi connectivity index (χ4n) is 3.54. The van der Waals surface area contributed by atoms with Crippen molar-refractivity contribution in [1.29, 1.82) is 0 Å². The normalized spacial score (nSPS) is 17.9. The maximum atomic E-state index is 13.0. The molecule has 156 valence electrons. The lowest BCUT2D eigenvalue weighted by Gasteiger charge is -2.26. The summed E-state index contributed by atoms with van der Waals surface area (Å²) in [5, 5.41) is 4.33. The molecule has 0 bridgehead atoms. The lowest BCUT2D eigenvalue weighted by Crippen LogP contribution is -2.47. The Kier molecular flexibility index (Phi) is 5.41. The Morgan fingerprint density at radius 3 is 1.87 bits per heavy atom. The highest BCUT2D eigenvalue weighted by Gasteiger charge is 2.49. The van der Waals surface area contributed by atoms with Crippen LogP contribution in [0.3, 0.4) is 0 Å². The van der Waals surface area contributed by atoms with E-state index in [9.17, 15) is 14.4 Å². The molecule has 7 heteroatoms. The van der Waals surface area contributed by atoms with Gasteiger partial charge in [0.15, 0.2) is 0 Å². The molecule has 31 heavy (non-hydrogen) atoms. The van der Waals surface area contributed by atoms with Crippen molar-refractivity contribution in [1.82, 2.24) is 15.6 Å². The minimum absolute atomic E-state index is 0.400. The first-order chi connectivity index (χ1) is 15.0. The van der Waals surface area contributed by atoms with E-state index >= 15 is 0 Å². The zero-order valence-electron chi connectivity index (χ0n) is 17.0. The first-order valence-electron chi connectivity index (χ1n) is 9.88. The SMILES string of the molecule is C[C@]1(c2ccccc2)NC(=O)N(CC(=O)NN(c2ccccc2)c2ccccc2)C1=O. The number of imide groups is 1. The Hall–Kier alpha value is -4.13. The first kappa shape index (κ1) is 20.2. The molecule has 0 unspecified atom stereocenters.